The number of aromatic nitrogens is 1. The van der Waals surface area contributed by atoms with E-state index < -0.39 is 0 Å². The Balaban J connectivity index is 2.20. The highest BCUT2D eigenvalue weighted by Gasteiger charge is 2.13. The quantitative estimate of drug-likeness (QED) is 0.748. The maximum absolute atomic E-state index is 13.6. The van der Waals surface area contributed by atoms with Crippen molar-refractivity contribution in [2.75, 3.05) is 0 Å². The lowest BCUT2D eigenvalue weighted by molar-refractivity contribution is 0.605. The summed E-state index contributed by atoms with van der Waals surface area (Å²) < 4.78 is 13.6. The molecule has 0 radical (unpaired) electrons. The van der Waals surface area contributed by atoms with Crippen LogP contribution in [0.15, 0.2) is 42.7 Å². The number of alkyl halides is 1. The zero-order valence-electron chi connectivity index (χ0n) is 9.53. The first-order chi connectivity index (χ1) is 8.16. The molecule has 3 heteroatoms. The molecule has 17 heavy (non-hydrogen) atoms. The van der Waals surface area contributed by atoms with Gasteiger partial charge in [-0.15, -0.1) is 11.6 Å². The number of benzene rings is 1. The monoisotopic (exact) mass is 249 g/mol. The fourth-order valence-corrected chi connectivity index (χ4v) is 2.08. The van der Waals surface area contributed by atoms with Gasteiger partial charge in [-0.3, -0.25) is 4.98 Å². The van der Waals surface area contributed by atoms with Crippen LogP contribution in [0.2, 0.25) is 0 Å². The van der Waals surface area contributed by atoms with Gasteiger partial charge in [-0.05, 0) is 37.1 Å². The van der Waals surface area contributed by atoms with E-state index in [-0.39, 0.29) is 11.2 Å². The molecule has 0 aliphatic carbocycles. The van der Waals surface area contributed by atoms with Gasteiger partial charge in [0, 0.05) is 18.0 Å². The van der Waals surface area contributed by atoms with Crippen molar-refractivity contribution in [3.8, 4) is 0 Å². The van der Waals surface area contributed by atoms with Crippen LogP contribution in [-0.2, 0) is 6.42 Å². The maximum Gasteiger partial charge on any atom is 0.127 e. The zero-order chi connectivity index (χ0) is 12.3. The molecule has 1 atom stereocenters. The third kappa shape index (κ3) is 3.04. The first kappa shape index (κ1) is 12.1. The predicted molar refractivity (Wildman–Crippen MR) is 67.7 cm³/mol. The van der Waals surface area contributed by atoms with Crippen LogP contribution in [0.1, 0.15) is 22.1 Å². The molecule has 1 unspecified atom stereocenters. The zero-order valence-corrected chi connectivity index (χ0v) is 10.3. The Hall–Kier alpha value is -1.41. The van der Waals surface area contributed by atoms with Crippen molar-refractivity contribution in [1.82, 2.24) is 4.98 Å². The maximum atomic E-state index is 13.6. The van der Waals surface area contributed by atoms with E-state index in [2.05, 4.69) is 4.98 Å². The molecule has 0 saturated heterocycles. The van der Waals surface area contributed by atoms with Gasteiger partial charge < -0.3 is 0 Å². The fraction of sp³-hybridized carbons (Fsp3) is 0.214. The van der Waals surface area contributed by atoms with Crippen molar-refractivity contribution in [2.24, 2.45) is 0 Å². The molecule has 0 bridgehead atoms. The molecule has 2 aromatic rings. The number of nitrogens with zero attached hydrogens (tertiary/aromatic N) is 1. The largest absolute Gasteiger partial charge is 0.265 e. The van der Waals surface area contributed by atoms with Crippen molar-refractivity contribution >= 4 is 11.6 Å². The van der Waals surface area contributed by atoms with E-state index in [9.17, 15) is 4.39 Å². The highest BCUT2D eigenvalue weighted by atomic mass is 35.5. The molecule has 1 heterocycles. The lowest BCUT2D eigenvalue weighted by atomic mass is 10.0. The Morgan fingerprint density at radius 1 is 1.24 bits per heavy atom. The first-order valence-electron chi connectivity index (χ1n) is 5.46. The minimum atomic E-state index is -0.350. The minimum Gasteiger partial charge on any atom is -0.265 e. The number of hydrogen-bond donors (Lipinski definition) is 0. The molecular formula is C14H13ClFN. The van der Waals surface area contributed by atoms with Crippen LogP contribution in [0.4, 0.5) is 4.39 Å². The summed E-state index contributed by atoms with van der Waals surface area (Å²) in [5, 5.41) is -0.350. The van der Waals surface area contributed by atoms with Gasteiger partial charge in [0.25, 0.3) is 0 Å². The Morgan fingerprint density at radius 2 is 1.94 bits per heavy atom. The molecule has 0 aliphatic heterocycles. The van der Waals surface area contributed by atoms with E-state index in [1.165, 1.54) is 6.07 Å². The van der Waals surface area contributed by atoms with Gasteiger partial charge in [0.2, 0.25) is 0 Å². The molecule has 0 spiro atoms. The highest BCUT2D eigenvalue weighted by molar-refractivity contribution is 6.20. The molecule has 1 aromatic carbocycles. The molecule has 88 valence electrons. The van der Waals surface area contributed by atoms with Crippen LogP contribution in [0.25, 0.3) is 0 Å². The number of rotatable bonds is 3. The van der Waals surface area contributed by atoms with E-state index in [0.717, 1.165) is 11.1 Å². The summed E-state index contributed by atoms with van der Waals surface area (Å²) >= 11 is 6.26. The van der Waals surface area contributed by atoms with Gasteiger partial charge in [0.1, 0.15) is 5.82 Å². The summed E-state index contributed by atoms with van der Waals surface area (Å²) in [7, 11) is 0. The van der Waals surface area contributed by atoms with Gasteiger partial charge in [0.05, 0.1) is 5.38 Å². The topological polar surface area (TPSA) is 12.9 Å². The smallest absolute Gasteiger partial charge is 0.127 e. The summed E-state index contributed by atoms with van der Waals surface area (Å²) in [5.74, 6) is -0.246. The van der Waals surface area contributed by atoms with Gasteiger partial charge in [-0.1, -0.05) is 17.7 Å². The molecule has 0 aliphatic rings. The molecule has 0 N–H and O–H groups in total. The van der Waals surface area contributed by atoms with Crippen LogP contribution in [0.3, 0.4) is 0 Å². The average Bonchev–Trinajstić information content (AvgIpc) is 2.33. The van der Waals surface area contributed by atoms with Gasteiger partial charge in [-0.25, -0.2) is 4.39 Å². The number of aryl methyl sites for hydroxylation is 1. The molecule has 2 rings (SSSR count). The van der Waals surface area contributed by atoms with E-state index in [0.29, 0.717) is 12.0 Å². The van der Waals surface area contributed by atoms with E-state index in [4.69, 9.17) is 11.6 Å². The van der Waals surface area contributed by atoms with Crippen molar-refractivity contribution in [3.63, 3.8) is 0 Å². The van der Waals surface area contributed by atoms with E-state index in [1.807, 2.05) is 19.1 Å². The van der Waals surface area contributed by atoms with Crippen LogP contribution in [0, 0.1) is 12.7 Å². The molecule has 0 fully saturated rings. The van der Waals surface area contributed by atoms with Crippen LogP contribution >= 0.6 is 11.6 Å². The van der Waals surface area contributed by atoms with Crippen molar-refractivity contribution in [2.45, 2.75) is 18.7 Å². The predicted octanol–water partition coefficient (Wildman–Crippen LogP) is 4.05. The molecule has 1 nitrogen and oxygen atoms in total. The summed E-state index contributed by atoms with van der Waals surface area (Å²) in [6.45, 7) is 1.93. The minimum absolute atomic E-state index is 0.246. The van der Waals surface area contributed by atoms with Crippen LogP contribution in [0.5, 0.6) is 0 Å². The summed E-state index contributed by atoms with van der Waals surface area (Å²) in [6.07, 6.45) is 4.03. The molecule has 0 saturated carbocycles. The third-order valence-electron chi connectivity index (χ3n) is 2.65. The second-order valence-electron chi connectivity index (χ2n) is 4.05. The fourth-order valence-electron chi connectivity index (χ4n) is 1.74. The van der Waals surface area contributed by atoms with Crippen molar-refractivity contribution in [3.05, 3.63) is 65.2 Å². The normalized spacial score (nSPS) is 12.4. The van der Waals surface area contributed by atoms with E-state index in [1.54, 1.807) is 24.5 Å². The SMILES string of the molecule is Cc1ccc(F)c(C(Cl)Cc2ccncc2)c1. The second kappa shape index (κ2) is 5.28. The molecule has 0 amide bonds. The van der Waals surface area contributed by atoms with Crippen molar-refractivity contribution in [1.29, 1.82) is 0 Å². The number of halogens is 2. The Morgan fingerprint density at radius 3 is 2.65 bits per heavy atom. The van der Waals surface area contributed by atoms with Crippen LogP contribution < -0.4 is 0 Å². The highest BCUT2D eigenvalue weighted by Crippen LogP contribution is 2.27. The van der Waals surface area contributed by atoms with Gasteiger partial charge in [0.15, 0.2) is 0 Å². The second-order valence-corrected chi connectivity index (χ2v) is 4.58. The summed E-state index contributed by atoms with van der Waals surface area (Å²) in [4.78, 5) is 3.94. The number of hydrogen-bond acceptors (Lipinski definition) is 1. The third-order valence-corrected chi connectivity index (χ3v) is 3.04. The van der Waals surface area contributed by atoms with Gasteiger partial charge >= 0.3 is 0 Å². The summed E-state index contributed by atoms with van der Waals surface area (Å²) in [5.41, 5.74) is 2.63. The standard InChI is InChI=1S/C14H13ClFN/c1-10-2-3-14(16)12(8-10)13(15)9-11-4-6-17-7-5-11/h2-8,13H,9H2,1H3. The van der Waals surface area contributed by atoms with Crippen molar-refractivity contribution < 1.29 is 4.39 Å². The molecule has 1 aromatic heterocycles. The van der Waals surface area contributed by atoms with E-state index >= 15 is 0 Å². The van der Waals surface area contributed by atoms with Gasteiger partial charge in [-0.2, -0.15) is 0 Å². The average molecular weight is 250 g/mol. The van der Waals surface area contributed by atoms with Crippen LogP contribution in [-0.4, -0.2) is 4.98 Å². The molecular weight excluding hydrogens is 237 g/mol. The summed E-state index contributed by atoms with van der Waals surface area (Å²) in [6, 6.07) is 8.79. The Labute approximate surface area is 105 Å². The Bertz CT molecular complexity index is 499. The lowest BCUT2D eigenvalue weighted by Crippen LogP contribution is -1.99. The number of pyridine rings is 1. The first-order valence-corrected chi connectivity index (χ1v) is 5.89. The lowest BCUT2D eigenvalue weighted by Gasteiger charge is -2.11. The Kier molecular flexibility index (Phi) is 3.75.